The molecule has 1 aromatic carbocycles. The van der Waals surface area contributed by atoms with Crippen molar-refractivity contribution < 1.29 is 0 Å². The van der Waals surface area contributed by atoms with Crippen molar-refractivity contribution in [2.45, 2.75) is 32.1 Å². The number of aromatic nitrogens is 2. The van der Waals surface area contributed by atoms with Crippen molar-refractivity contribution in [2.75, 3.05) is 0 Å². The highest BCUT2D eigenvalue weighted by Crippen LogP contribution is 2.26. The number of H-pyrrole nitrogens is 1. The molecule has 1 heterocycles. The van der Waals surface area contributed by atoms with Crippen LogP contribution in [0.4, 0.5) is 0 Å². The van der Waals surface area contributed by atoms with Gasteiger partial charge in [-0.25, -0.2) is 4.98 Å². The second kappa shape index (κ2) is 4.74. The molecule has 0 aliphatic heterocycles. The number of fused-ring (bicyclic) bond motifs is 1. The minimum atomic E-state index is 0.763. The summed E-state index contributed by atoms with van der Waals surface area (Å²) >= 11 is 0. The van der Waals surface area contributed by atoms with Crippen LogP contribution in [-0.2, 0) is 19.3 Å². The fraction of sp³-hybridized carbons (Fsp3) is 0.400. The van der Waals surface area contributed by atoms with E-state index in [0.29, 0.717) is 0 Å². The molecular formula is C15H18N2. The Hall–Kier alpha value is -1.57. The quantitative estimate of drug-likeness (QED) is 0.783. The molecule has 2 heteroatoms. The molecule has 1 aliphatic rings. The Labute approximate surface area is 102 Å². The Kier molecular flexibility index (Phi) is 2.95. The fourth-order valence-corrected chi connectivity index (χ4v) is 2.88. The molecule has 1 N–H and O–H groups in total. The summed E-state index contributed by atoms with van der Waals surface area (Å²) in [4.78, 5) is 7.32. The number of benzene rings is 1. The van der Waals surface area contributed by atoms with Crippen LogP contribution >= 0.6 is 0 Å². The summed E-state index contributed by atoms with van der Waals surface area (Å²) in [6.45, 7) is 0. The molecule has 1 aliphatic carbocycles. The number of imidazole rings is 1. The van der Waals surface area contributed by atoms with Crippen molar-refractivity contribution in [3.05, 3.63) is 53.6 Å². The fourth-order valence-electron chi connectivity index (χ4n) is 2.88. The van der Waals surface area contributed by atoms with E-state index < -0.39 is 0 Å². The first-order valence-electron chi connectivity index (χ1n) is 6.46. The van der Waals surface area contributed by atoms with Crippen LogP contribution in [-0.4, -0.2) is 9.97 Å². The molecule has 1 atom stereocenters. The predicted octanol–water partition coefficient (Wildman–Crippen LogP) is 3.15. The van der Waals surface area contributed by atoms with E-state index in [4.69, 9.17) is 0 Å². The number of aryl methyl sites for hydroxylation is 1. The lowest BCUT2D eigenvalue weighted by atomic mass is 9.93. The van der Waals surface area contributed by atoms with E-state index >= 15 is 0 Å². The zero-order valence-electron chi connectivity index (χ0n) is 10.0. The van der Waals surface area contributed by atoms with Gasteiger partial charge in [-0.2, -0.15) is 0 Å². The minimum Gasteiger partial charge on any atom is -0.348 e. The number of hydrogen-bond donors (Lipinski definition) is 1. The molecule has 1 aromatic heterocycles. The van der Waals surface area contributed by atoms with Crippen LogP contribution in [0, 0.1) is 5.92 Å². The van der Waals surface area contributed by atoms with Gasteiger partial charge in [0.05, 0.1) is 6.33 Å². The monoisotopic (exact) mass is 226 g/mol. The van der Waals surface area contributed by atoms with Gasteiger partial charge in [-0.1, -0.05) is 24.3 Å². The zero-order chi connectivity index (χ0) is 11.5. The van der Waals surface area contributed by atoms with Crippen molar-refractivity contribution >= 4 is 0 Å². The highest BCUT2D eigenvalue weighted by Gasteiger charge is 2.17. The van der Waals surface area contributed by atoms with E-state index in [0.717, 1.165) is 12.3 Å². The van der Waals surface area contributed by atoms with Crippen LogP contribution in [0.1, 0.15) is 29.7 Å². The van der Waals surface area contributed by atoms with Gasteiger partial charge in [0.15, 0.2) is 0 Å². The van der Waals surface area contributed by atoms with Crippen molar-refractivity contribution in [1.82, 2.24) is 9.97 Å². The smallest absolute Gasteiger partial charge is 0.0921 e. The maximum Gasteiger partial charge on any atom is 0.0921 e. The van der Waals surface area contributed by atoms with Crippen LogP contribution in [0.5, 0.6) is 0 Å². The van der Waals surface area contributed by atoms with Crippen LogP contribution in [0.25, 0.3) is 0 Å². The number of aromatic amines is 1. The van der Waals surface area contributed by atoms with E-state index in [2.05, 4.69) is 34.2 Å². The van der Waals surface area contributed by atoms with Gasteiger partial charge in [-0.05, 0) is 49.1 Å². The molecule has 0 spiro atoms. The first-order valence-corrected chi connectivity index (χ1v) is 6.46. The number of hydrogen-bond acceptors (Lipinski definition) is 1. The molecule has 2 nitrogen and oxygen atoms in total. The van der Waals surface area contributed by atoms with Gasteiger partial charge in [0.1, 0.15) is 0 Å². The Bertz CT molecular complexity index is 473. The molecule has 0 saturated carbocycles. The topological polar surface area (TPSA) is 28.7 Å². The first-order chi connectivity index (χ1) is 8.42. The van der Waals surface area contributed by atoms with Crippen LogP contribution in [0.2, 0.25) is 0 Å². The average Bonchev–Trinajstić information content (AvgIpc) is 2.76. The molecule has 88 valence electrons. The zero-order valence-corrected chi connectivity index (χ0v) is 10.0. The van der Waals surface area contributed by atoms with Crippen LogP contribution in [0.3, 0.4) is 0 Å². The van der Waals surface area contributed by atoms with Crippen molar-refractivity contribution in [3.63, 3.8) is 0 Å². The first kappa shape index (κ1) is 10.6. The summed E-state index contributed by atoms with van der Waals surface area (Å²) in [7, 11) is 0. The Balaban J connectivity index is 1.76. The third kappa shape index (κ3) is 2.41. The number of nitrogens with one attached hydrogen (secondary N) is 1. The average molecular weight is 226 g/mol. The SMILES string of the molecule is c1ccc2c(c1)CCCC(Cc1cnc[nH]1)C2. The van der Waals surface area contributed by atoms with E-state index in [-0.39, 0.29) is 0 Å². The molecule has 1 unspecified atom stereocenters. The van der Waals surface area contributed by atoms with Gasteiger partial charge in [-0.15, -0.1) is 0 Å². The Morgan fingerprint density at radius 2 is 2.12 bits per heavy atom. The largest absolute Gasteiger partial charge is 0.348 e. The molecule has 17 heavy (non-hydrogen) atoms. The number of nitrogens with zero attached hydrogens (tertiary/aromatic N) is 1. The second-order valence-corrected chi connectivity index (χ2v) is 5.01. The summed E-state index contributed by atoms with van der Waals surface area (Å²) < 4.78 is 0. The summed E-state index contributed by atoms with van der Waals surface area (Å²) in [5, 5.41) is 0. The summed E-state index contributed by atoms with van der Waals surface area (Å²) in [5.41, 5.74) is 4.38. The van der Waals surface area contributed by atoms with Crippen molar-refractivity contribution in [2.24, 2.45) is 5.92 Å². The van der Waals surface area contributed by atoms with E-state index in [1.807, 2.05) is 6.20 Å². The van der Waals surface area contributed by atoms with E-state index in [9.17, 15) is 0 Å². The minimum absolute atomic E-state index is 0.763. The normalized spacial score (nSPS) is 19.6. The summed E-state index contributed by atoms with van der Waals surface area (Å²) in [5.74, 6) is 0.763. The number of rotatable bonds is 2. The van der Waals surface area contributed by atoms with Crippen molar-refractivity contribution in [1.29, 1.82) is 0 Å². The molecule has 0 bridgehead atoms. The van der Waals surface area contributed by atoms with Gasteiger partial charge in [0.25, 0.3) is 0 Å². The van der Waals surface area contributed by atoms with Crippen LogP contribution < -0.4 is 0 Å². The van der Waals surface area contributed by atoms with Crippen molar-refractivity contribution in [3.8, 4) is 0 Å². The Morgan fingerprint density at radius 3 is 2.94 bits per heavy atom. The van der Waals surface area contributed by atoms with E-state index in [1.165, 1.54) is 31.4 Å². The lowest BCUT2D eigenvalue weighted by Crippen LogP contribution is -2.07. The Morgan fingerprint density at radius 1 is 1.24 bits per heavy atom. The second-order valence-electron chi connectivity index (χ2n) is 5.01. The molecular weight excluding hydrogens is 208 g/mol. The van der Waals surface area contributed by atoms with Gasteiger partial charge in [0, 0.05) is 11.9 Å². The van der Waals surface area contributed by atoms with Gasteiger partial charge in [-0.3, -0.25) is 0 Å². The van der Waals surface area contributed by atoms with Gasteiger partial charge < -0.3 is 4.98 Å². The maximum atomic E-state index is 4.10. The molecule has 0 saturated heterocycles. The summed E-state index contributed by atoms with van der Waals surface area (Å²) in [6.07, 6.45) is 9.97. The highest BCUT2D eigenvalue weighted by molar-refractivity contribution is 5.28. The predicted molar refractivity (Wildman–Crippen MR) is 68.9 cm³/mol. The standard InChI is InChI=1S/C15H18N2/c1-2-6-14-8-12(4-3-7-13(14)5-1)9-15-10-16-11-17-15/h1-2,5-6,10-12H,3-4,7-9H2,(H,16,17). The van der Waals surface area contributed by atoms with Crippen LogP contribution in [0.15, 0.2) is 36.8 Å². The lowest BCUT2D eigenvalue weighted by Gasteiger charge is -2.13. The molecule has 3 rings (SSSR count). The molecule has 0 fully saturated rings. The molecule has 2 aromatic rings. The van der Waals surface area contributed by atoms with E-state index in [1.54, 1.807) is 17.5 Å². The summed E-state index contributed by atoms with van der Waals surface area (Å²) in [6, 6.07) is 8.90. The third-order valence-corrected chi connectivity index (χ3v) is 3.75. The van der Waals surface area contributed by atoms with Gasteiger partial charge in [0.2, 0.25) is 0 Å². The van der Waals surface area contributed by atoms with Gasteiger partial charge >= 0.3 is 0 Å². The lowest BCUT2D eigenvalue weighted by molar-refractivity contribution is 0.474. The molecule has 0 radical (unpaired) electrons. The maximum absolute atomic E-state index is 4.10. The third-order valence-electron chi connectivity index (χ3n) is 3.75. The molecule has 0 amide bonds. The highest BCUT2D eigenvalue weighted by atomic mass is 14.9.